The van der Waals surface area contributed by atoms with Crippen molar-refractivity contribution in [1.82, 2.24) is 0 Å². The molecule has 1 rings (SSSR count). The van der Waals surface area contributed by atoms with E-state index in [0.717, 1.165) is 12.1 Å². The summed E-state index contributed by atoms with van der Waals surface area (Å²) >= 11 is 0. The van der Waals surface area contributed by atoms with Crippen LogP contribution in [0.25, 0.3) is 0 Å². The predicted octanol–water partition coefficient (Wildman–Crippen LogP) is 1.11. The summed E-state index contributed by atoms with van der Waals surface area (Å²) in [6, 6.07) is 1.89. The molecule has 0 saturated heterocycles. The fourth-order valence-electron chi connectivity index (χ4n) is 1.14. The minimum atomic E-state index is -1.73. The summed E-state index contributed by atoms with van der Waals surface area (Å²) in [7, 11) is 2.60. The number of ether oxygens (including phenoxy) is 2. The lowest BCUT2D eigenvalue weighted by Crippen LogP contribution is -2.14. The topological polar surface area (TPSA) is 72.8 Å². The van der Waals surface area contributed by atoms with E-state index < -0.39 is 23.1 Å². The minimum Gasteiger partial charge on any atom is -0.493 e. The Bertz CT molecular complexity index is 441. The van der Waals surface area contributed by atoms with Gasteiger partial charge in [0.1, 0.15) is 5.82 Å². The molecule has 0 bridgehead atoms. The second-order valence-electron chi connectivity index (χ2n) is 2.82. The highest BCUT2D eigenvalue weighted by Crippen LogP contribution is 2.29. The molecule has 16 heavy (non-hydrogen) atoms. The molecule has 1 aromatic carbocycles. The molecule has 0 unspecified atom stereocenters. The maximum absolute atomic E-state index is 13.3. The van der Waals surface area contributed by atoms with E-state index in [9.17, 15) is 14.0 Å². The molecule has 0 saturated carbocycles. The average Bonchev–Trinajstić information content (AvgIpc) is 2.27. The molecule has 0 heterocycles. The molecule has 0 spiro atoms. The van der Waals surface area contributed by atoms with Crippen LogP contribution in [0.1, 0.15) is 10.4 Å². The number of ketones is 1. The first-order valence-corrected chi connectivity index (χ1v) is 4.20. The van der Waals surface area contributed by atoms with E-state index in [1.165, 1.54) is 14.2 Å². The second kappa shape index (κ2) is 4.61. The smallest absolute Gasteiger partial charge is 0.377 e. The van der Waals surface area contributed by atoms with Gasteiger partial charge in [-0.15, -0.1) is 0 Å². The lowest BCUT2D eigenvalue weighted by atomic mass is 10.1. The van der Waals surface area contributed by atoms with Crippen LogP contribution in [0.2, 0.25) is 0 Å². The van der Waals surface area contributed by atoms with Crippen LogP contribution in [0.4, 0.5) is 4.39 Å². The number of rotatable bonds is 4. The Morgan fingerprint density at radius 3 is 2.12 bits per heavy atom. The van der Waals surface area contributed by atoms with E-state index in [1.54, 1.807) is 0 Å². The first-order valence-electron chi connectivity index (χ1n) is 4.20. The van der Waals surface area contributed by atoms with Gasteiger partial charge in [0.2, 0.25) is 0 Å². The van der Waals surface area contributed by atoms with Gasteiger partial charge in [-0.3, -0.25) is 4.79 Å². The van der Waals surface area contributed by atoms with Crippen molar-refractivity contribution >= 4 is 11.8 Å². The Balaban J connectivity index is 3.32. The van der Waals surface area contributed by atoms with Crippen molar-refractivity contribution in [3.05, 3.63) is 23.5 Å². The van der Waals surface area contributed by atoms with Gasteiger partial charge in [0, 0.05) is 6.07 Å². The Hall–Kier alpha value is -2.11. The van der Waals surface area contributed by atoms with E-state index in [0.29, 0.717) is 0 Å². The Morgan fingerprint density at radius 1 is 1.19 bits per heavy atom. The van der Waals surface area contributed by atoms with Crippen LogP contribution in [0.3, 0.4) is 0 Å². The summed E-state index contributed by atoms with van der Waals surface area (Å²) in [5.74, 6) is -3.86. The van der Waals surface area contributed by atoms with Crippen LogP contribution in [-0.4, -0.2) is 31.1 Å². The third kappa shape index (κ3) is 2.10. The van der Waals surface area contributed by atoms with Gasteiger partial charge in [-0.1, -0.05) is 0 Å². The van der Waals surface area contributed by atoms with Crippen LogP contribution < -0.4 is 9.47 Å². The second-order valence-corrected chi connectivity index (χ2v) is 2.82. The zero-order valence-corrected chi connectivity index (χ0v) is 8.61. The standard InChI is InChI=1S/C10H9FO5/c1-15-7-3-5(9(12)10(13)14)6(11)4-8(7)16-2/h3-4H,1-2H3,(H,13,14). The number of carboxylic acids is 1. The Labute approximate surface area is 90.4 Å². The lowest BCUT2D eigenvalue weighted by Gasteiger charge is -2.09. The van der Waals surface area contributed by atoms with E-state index >= 15 is 0 Å². The average molecular weight is 228 g/mol. The monoisotopic (exact) mass is 228 g/mol. The fraction of sp³-hybridized carbons (Fsp3) is 0.200. The van der Waals surface area contributed by atoms with E-state index in [4.69, 9.17) is 14.6 Å². The maximum atomic E-state index is 13.3. The van der Waals surface area contributed by atoms with Gasteiger partial charge in [0.15, 0.2) is 11.5 Å². The molecular weight excluding hydrogens is 219 g/mol. The van der Waals surface area contributed by atoms with Crippen LogP contribution in [0.15, 0.2) is 12.1 Å². The molecule has 0 aromatic heterocycles. The highest BCUT2D eigenvalue weighted by Gasteiger charge is 2.21. The van der Waals surface area contributed by atoms with E-state index in [1.807, 2.05) is 0 Å². The highest BCUT2D eigenvalue weighted by molar-refractivity contribution is 6.40. The molecule has 5 nitrogen and oxygen atoms in total. The Morgan fingerprint density at radius 2 is 1.69 bits per heavy atom. The van der Waals surface area contributed by atoms with Gasteiger partial charge in [-0.25, -0.2) is 9.18 Å². The van der Waals surface area contributed by atoms with Crippen molar-refractivity contribution in [3.8, 4) is 11.5 Å². The highest BCUT2D eigenvalue weighted by atomic mass is 19.1. The van der Waals surface area contributed by atoms with Crippen molar-refractivity contribution in [3.63, 3.8) is 0 Å². The van der Waals surface area contributed by atoms with Gasteiger partial charge in [0.05, 0.1) is 19.8 Å². The van der Waals surface area contributed by atoms with Crippen molar-refractivity contribution in [2.75, 3.05) is 14.2 Å². The molecule has 0 fully saturated rings. The van der Waals surface area contributed by atoms with Gasteiger partial charge in [0.25, 0.3) is 5.78 Å². The first-order chi connectivity index (χ1) is 7.51. The zero-order chi connectivity index (χ0) is 12.3. The number of benzene rings is 1. The van der Waals surface area contributed by atoms with Crippen LogP contribution in [-0.2, 0) is 4.79 Å². The van der Waals surface area contributed by atoms with Gasteiger partial charge < -0.3 is 14.6 Å². The number of halogens is 1. The number of aliphatic carboxylic acids is 1. The molecule has 0 aliphatic rings. The number of Topliss-reactive ketones (excluding diaryl/α,β-unsaturated/α-hetero) is 1. The number of carboxylic acid groups (broad SMARTS) is 1. The quantitative estimate of drug-likeness (QED) is 0.617. The third-order valence-electron chi connectivity index (χ3n) is 1.91. The fourth-order valence-corrected chi connectivity index (χ4v) is 1.14. The van der Waals surface area contributed by atoms with Crippen LogP contribution >= 0.6 is 0 Å². The predicted molar refractivity (Wildman–Crippen MR) is 51.5 cm³/mol. The molecule has 1 N–H and O–H groups in total. The van der Waals surface area contributed by atoms with Crippen LogP contribution in [0, 0.1) is 5.82 Å². The van der Waals surface area contributed by atoms with Crippen LogP contribution in [0.5, 0.6) is 11.5 Å². The SMILES string of the molecule is COc1cc(F)c(C(=O)C(=O)O)cc1OC. The summed E-state index contributed by atoms with van der Waals surface area (Å²) in [6.45, 7) is 0. The van der Waals surface area contributed by atoms with Crippen molar-refractivity contribution < 1.29 is 28.6 Å². The summed E-state index contributed by atoms with van der Waals surface area (Å²) in [5, 5.41) is 8.46. The molecular formula is C10H9FO5. The summed E-state index contributed by atoms with van der Waals surface area (Å²) in [4.78, 5) is 21.5. The van der Waals surface area contributed by atoms with E-state index in [2.05, 4.69) is 0 Å². The summed E-state index contributed by atoms with van der Waals surface area (Å²) < 4.78 is 23.0. The van der Waals surface area contributed by atoms with Crippen molar-refractivity contribution in [1.29, 1.82) is 0 Å². The summed E-state index contributed by atoms with van der Waals surface area (Å²) in [6.07, 6.45) is 0. The van der Waals surface area contributed by atoms with Crippen molar-refractivity contribution in [2.24, 2.45) is 0 Å². The molecule has 1 aromatic rings. The molecule has 0 aliphatic heterocycles. The largest absolute Gasteiger partial charge is 0.493 e. The third-order valence-corrected chi connectivity index (χ3v) is 1.91. The number of carbonyl (C=O) groups is 2. The number of methoxy groups -OCH3 is 2. The molecule has 0 radical (unpaired) electrons. The lowest BCUT2D eigenvalue weighted by molar-refractivity contribution is -0.131. The van der Waals surface area contributed by atoms with Gasteiger partial charge in [-0.05, 0) is 6.07 Å². The summed E-state index contributed by atoms with van der Waals surface area (Å²) in [5.41, 5.74) is -0.565. The molecule has 86 valence electrons. The molecule has 0 aliphatic carbocycles. The minimum absolute atomic E-state index is 0.0851. The zero-order valence-electron chi connectivity index (χ0n) is 8.61. The Kier molecular flexibility index (Phi) is 3.44. The molecule has 0 amide bonds. The van der Waals surface area contributed by atoms with Gasteiger partial charge >= 0.3 is 5.97 Å². The first kappa shape index (κ1) is 12.0. The molecule has 0 atom stereocenters. The van der Waals surface area contributed by atoms with E-state index in [-0.39, 0.29) is 11.5 Å². The molecule has 6 heteroatoms. The maximum Gasteiger partial charge on any atom is 0.377 e. The number of carbonyl (C=O) groups excluding carboxylic acids is 1. The number of hydrogen-bond acceptors (Lipinski definition) is 4. The number of hydrogen-bond donors (Lipinski definition) is 1. The van der Waals surface area contributed by atoms with Gasteiger partial charge in [-0.2, -0.15) is 0 Å². The normalized spacial score (nSPS) is 9.69. The van der Waals surface area contributed by atoms with Crippen molar-refractivity contribution in [2.45, 2.75) is 0 Å².